The maximum Gasteiger partial charge on any atom is 0.121 e. The third-order valence-corrected chi connectivity index (χ3v) is 3.80. The van der Waals surface area contributed by atoms with Crippen LogP contribution in [0, 0.1) is 20.8 Å². The van der Waals surface area contributed by atoms with Crippen molar-refractivity contribution in [3.8, 4) is 17.2 Å². The number of methoxy groups -OCH3 is 3. The molecule has 3 heteroatoms. The van der Waals surface area contributed by atoms with E-state index in [9.17, 15) is 0 Å². The molecule has 0 radical (unpaired) electrons. The van der Waals surface area contributed by atoms with Crippen molar-refractivity contribution in [1.82, 2.24) is 0 Å². The van der Waals surface area contributed by atoms with Crippen molar-refractivity contribution in [2.45, 2.75) is 20.8 Å². The van der Waals surface area contributed by atoms with E-state index in [4.69, 9.17) is 14.2 Å². The lowest BCUT2D eigenvalue weighted by Gasteiger charge is -2.00. The minimum absolute atomic E-state index is 0.917. The average Bonchev–Trinajstić information content (AvgIpc) is 2.70. The Bertz CT molecular complexity index is 780. The Morgan fingerprint density at radius 3 is 1.59 bits per heavy atom. The molecule has 0 saturated carbocycles. The first-order chi connectivity index (χ1) is 13.0. The van der Waals surface area contributed by atoms with Crippen LogP contribution in [0.4, 0.5) is 0 Å². The van der Waals surface area contributed by atoms with Gasteiger partial charge in [-0.3, -0.25) is 0 Å². The number of para-hydroxylation sites is 1. The molecule has 3 aromatic carbocycles. The van der Waals surface area contributed by atoms with Gasteiger partial charge in [-0.2, -0.15) is 0 Å². The molecule has 0 unspecified atom stereocenters. The van der Waals surface area contributed by atoms with Gasteiger partial charge in [0.1, 0.15) is 17.2 Å². The van der Waals surface area contributed by atoms with Crippen LogP contribution in [0.1, 0.15) is 16.7 Å². The van der Waals surface area contributed by atoms with Crippen LogP contribution in [0.2, 0.25) is 0 Å². The molecular formula is C24H30O3. The fourth-order valence-corrected chi connectivity index (χ4v) is 2.20. The van der Waals surface area contributed by atoms with E-state index in [1.54, 1.807) is 21.3 Å². The molecule has 0 fully saturated rings. The molecule has 3 nitrogen and oxygen atoms in total. The highest BCUT2D eigenvalue weighted by Gasteiger charge is 1.91. The summed E-state index contributed by atoms with van der Waals surface area (Å²) >= 11 is 0. The third kappa shape index (κ3) is 8.82. The molecule has 0 aliphatic rings. The summed E-state index contributed by atoms with van der Waals surface area (Å²) in [5.41, 5.74) is 3.67. The van der Waals surface area contributed by atoms with E-state index in [1.165, 1.54) is 16.7 Å². The minimum atomic E-state index is 0.917. The van der Waals surface area contributed by atoms with E-state index in [-0.39, 0.29) is 0 Å². The molecule has 0 spiro atoms. The summed E-state index contributed by atoms with van der Waals surface area (Å²) in [6, 6.07) is 23.9. The van der Waals surface area contributed by atoms with Gasteiger partial charge < -0.3 is 14.2 Å². The molecule has 0 N–H and O–H groups in total. The number of rotatable bonds is 3. The van der Waals surface area contributed by atoms with Gasteiger partial charge >= 0.3 is 0 Å². The molecule has 0 aromatic heterocycles. The van der Waals surface area contributed by atoms with Gasteiger partial charge in [-0.1, -0.05) is 48.0 Å². The van der Waals surface area contributed by atoms with Gasteiger partial charge in [0.05, 0.1) is 21.3 Å². The number of hydrogen-bond donors (Lipinski definition) is 0. The summed E-state index contributed by atoms with van der Waals surface area (Å²) in [4.78, 5) is 0. The van der Waals surface area contributed by atoms with Gasteiger partial charge in [-0.15, -0.1) is 0 Å². The summed E-state index contributed by atoms with van der Waals surface area (Å²) in [5.74, 6) is 2.80. The standard InChI is InChI=1S/3C8H10O/c1-7-3-5-8(9-2)6-4-7;1-7-4-3-5-8(6-7)9-2;1-7-5-3-4-6-8(7)9-2/h3*3-6H,1-2H3. The van der Waals surface area contributed by atoms with Crippen LogP contribution in [-0.4, -0.2) is 21.3 Å². The van der Waals surface area contributed by atoms with Gasteiger partial charge in [-0.25, -0.2) is 0 Å². The third-order valence-electron chi connectivity index (χ3n) is 3.80. The van der Waals surface area contributed by atoms with Crippen LogP contribution in [0.15, 0.2) is 72.8 Å². The maximum absolute atomic E-state index is 5.04. The van der Waals surface area contributed by atoms with Crippen LogP contribution in [0.5, 0.6) is 17.2 Å². The van der Waals surface area contributed by atoms with Gasteiger partial charge in [0.2, 0.25) is 0 Å². The SMILES string of the molecule is COc1ccc(C)cc1.COc1cccc(C)c1.COc1ccccc1C. The van der Waals surface area contributed by atoms with Crippen molar-refractivity contribution in [2.24, 2.45) is 0 Å². The summed E-state index contributed by atoms with van der Waals surface area (Å²) in [6.07, 6.45) is 0. The van der Waals surface area contributed by atoms with Gasteiger partial charge in [0.25, 0.3) is 0 Å². The van der Waals surface area contributed by atoms with Crippen LogP contribution in [0.3, 0.4) is 0 Å². The molecule has 3 rings (SSSR count). The number of benzene rings is 3. The minimum Gasteiger partial charge on any atom is -0.497 e. The van der Waals surface area contributed by atoms with E-state index in [0.717, 1.165) is 17.2 Å². The van der Waals surface area contributed by atoms with Gasteiger partial charge in [-0.05, 0) is 62.2 Å². The van der Waals surface area contributed by atoms with E-state index >= 15 is 0 Å². The topological polar surface area (TPSA) is 27.7 Å². The zero-order valence-electron chi connectivity index (χ0n) is 17.2. The lowest BCUT2D eigenvalue weighted by Crippen LogP contribution is -1.84. The smallest absolute Gasteiger partial charge is 0.121 e. The molecule has 0 aliphatic heterocycles. The lowest BCUT2D eigenvalue weighted by atomic mass is 10.2. The van der Waals surface area contributed by atoms with Crippen molar-refractivity contribution in [3.05, 3.63) is 89.5 Å². The second kappa shape index (κ2) is 12.4. The summed E-state index contributed by atoms with van der Waals surface area (Å²) < 4.78 is 15.0. The van der Waals surface area contributed by atoms with Crippen LogP contribution >= 0.6 is 0 Å². The molecule has 0 aliphatic carbocycles. The summed E-state index contributed by atoms with van der Waals surface area (Å²) in [6.45, 7) is 6.13. The van der Waals surface area contributed by atoms with Crippen molar-refractivity contribution in [3.63, 3.8) is 0 Å². The van der Waals surface area contributed by atoms with E-state index in [1.807, 2.05) is 86.6 Å². The molecular weight excluding hydrogens is 336 g/mol. The highest BCUT2D eigenvalue weighted by atomic mass is 16.5. The predicted octanol–water partition coefficient (Wildman–Crippen LogP) is 6.01. The molecule has 3 aromatic rings. The summed E-state index contributed by atoms with van der Waals surface area (Å²) in [5, 5.41) is 0. The van der Waals surface area contributed by atoms with Crippen molar-refractivity contribution in [2.75, 3.05) is 21.3 Å². The molecule has 0 amide bonds. The fraction of sp³-hybridized carbons (Fsp3) is 0.250. The molecule has 27 heavy (non-hydrogen) atoms. The highest BCUT2D eigenvalue weighted by molar-refractivity contribution is 5.31. The predicted molar refractivity (Wildman–Crippen MR) is 113 cm³/mol. The van der Waals surface area contributed by atoms with E-state index in [0.29, 0.717) is 0 Å². The lowest BCUT2D eigenvalue weighted by molar-refractivity contribution is 0.411. The molecule has 0 saturated heterocycles. The van der Waals surface area contributed by atoms with E-state index < -0.39 is 0 Å². The second-order valence-electron chi connectivity index (χ2n) is 6.01. The van der Waals surface area contributed by atoms with E-state index in [2.05, 4.69) is 6.92 Å². The molecule has 144 valence electrons. The first-order valence-electron chi connectivity index (χ1n) is 8.81. The first-order valence-corrected chi connectivity index (χ1v) is 8.81. The van der Waals surface area contributed by atoms with Crippen LogP contribution in [0.25, 0.3) is 0 Å². The highest BCUT2D eigenvalue weighted by Crippen LogP contribution is 2.14. The molecule has 0 bridgehead atoms. The second-order valence-corrected chi connectivity index (χ2v) is 6.01. The Labute approximate surface area is 163 Å². The number of ether oxygens (including phenoxy) is 3. The average molecular weight is 367 g/mol. The van der Waals surface area contributed by atoms with Crippen LogP contribution in [-0.2, 0) is 0 Å². The van der Waals surface area contributed by atoms with Gasteiger partial charge in [0.15, 0.2) is 0 Å². The number of aryl methyl sites for hydroxylation is 3. The molecule has 0 atom stereocenters. The maximum atomic E-state index is 5.04. The van der Waals surface area contributed by atoms with Crippen molar-refractivity contribution >= 4 is 0 Å². The zero-order valence-corrected chi connectivity index (χ0v) is 17.2. The Balaban J connectivity index is 0.000000202. The normalized spacial score (nSPS) is 9.11. The largest absolute Gasteiger partial charge is 0.497 e. The molecule has 0 heterocycles. The van der Waals surface area contributed by atoms with Crippen molar-refractivity contribution < 1.29 is 14.2 Å². The zero-order chi connectivity index (χ0) is 20.1. The quantitative estimate of drug-likeness (QED) is 0.568. The Kier molecular flexibility index (Phi) is 10.2. The first kappa shape index (κ1) is 22.1. The fourth-order valence-electron chi connectivity index (χ4n) is 2.20. The van der Waals surface area contributed by atoms with Gasteiger partial charge in [0, 0.05) is 0 Å². The summed E-state index contributed by atoms with van der Waals surface area (Å²) in [7, 11) is 5.03. The van der Waals surface area contributed by atoms with Crippen LogP contribution < -0.4 is 14.2 Å². The number of hydrogen-bond acceptors (Lipinski definition) is 3. The Morgan fingerprint density at radius 1 is 0.519 bits per heavy atom. The Morgan fingerprint density at radius 2 is 1.15 bits per heavy atom. The monoisotopic (exact) mass is 366 g/mol. The Hall–Kier alpha value is -2.94. The van der Waals surface area contributed by atoms with Crippen molar-refractivity contribution in [1.29, 1.82) is 0 Å².